The van der Waals surface area contributed by atoms with E-state index in [4.69, 9.17) is 0 Å². The van der Waals surface area contributed by atoms with Crippen molar-refractivity contribution in [2.24, 2.45) is 5.92 Å². The molecule has 0 aliphatic carbocycles. The molecular formula is C21H32N4O3. The number of hydrogen-bond acceptors (Lipinski definition) is 4. The number of likely N-dealkylation sites (tertiary alicyclic amines) is 1. The Labute approximate surface area is 167 Å². The van der Waals surface area contributed by atoms with Gasteiger partial charge in [-0.1, -0.05) is 6.07 Å². The van der Waals surface area contributed by atoms with Gasteiger partial charge < -0.3 is 15.1 Å². The molecule has 0 aromatic heterocycles. The molecule has 2 rings (SSSR count). The van der Waals surface area contributed by atoms with E-state index in [1.54, 1.807) is 48.2 Å². The van der Waals surface area contributed by atoms with Crippen molar-refractivity contribution in [1.29, 1.82) is 0 Å². The van der Waals surface area contributed by atoms with Crippen LogP contribution in [0.5, 0.6) is 0 Å². The summed E-state index contributed by atoms with van der Waals surface area (Å²) in [6.45, 7) is 6.84. The molecule has 7 nitrogen and oxygen atoms in total. The van der Waals surface area contributed by atoms with E-state index >= 15 is 0 Å². The van der Waals surface area contributed by atoms with Gasteiger partial charge in [0, 0.05) is 45.0 Å². The van der Waals surface area contributed by atoms with Gasteiger partial charge in [-0.2, -0.15) is 0 Å². The van der Waals surface area contributed by atoms with Crippen molar-refractivity contribution < 1.29 is 14.4 Å². The SMILES string of the molecule is CCN(CC)C(=O)c1cccc(NC(=O)CN2CCCC(C(=O)N(C)C)C2)c1. The molecule has 0 spiro atoms. The number of nitrogens with one attached hydrogen (secondary N) is 1. The molecule has 0 saturated carbocycles. The van der Waals surface area contributed by atoms with Crippen molar-refractivity contribution in [2.75, 3.05) is 52.1 Å². The largest absolute Gasteiger partial charge is 0.349 e. The predicted octanol–water partition coefficient (Wildman–Crippen LogP) is 1.91. The van der Waals surface area contributed by atoms with Crippen LogP contribution >= 0.6 is 0 Å². The average molecular weight is 389 g/mol. The Morgan fingerprint density at radius 2 is 1.89 bits per heavy atom. The molecule has 1 saturated heterocycles. The lowest BCUT2D eigenvalue weighted by molar-refractivity contribution is -0.135. The molecule has 1 atom stereocenters. The first-order chi connectivity index (χ1) is 13.3. The first kappa shape index (κ1) is 21.9. The molecule has 1 aromatic rings. The van der Waals surface area contributed by atoms with Gasteiger partial charge in [-0.25, -0.2) is 0 Å². The van der Waals surface area contributed by atoms with Crippen molar-refractivity contribution in [3.8, 4) is 0 Å². The smallest absolute Gasteiger partial charge is 0.253 e. The zero-order valence-corrected chi connectivity index (χ0v) is 17.4. The van der Waals surface area contributed by atoms with E-state index in [-0.39, 0.29) is 30.2 Å². The van der Waals surface area contributed by atoms with Crippen LogP contribution in [0.2, 0.25) is 0 Å². The fourth-order valence-corrected chi connectivity index (χ4v) is 3.59. The third kappa shape index (κ3) is 5.79. The van der Waals surface area contributed by atoms with Gasteiger partial charge in [-0.05, 0) is 51.4 Å². The Hall–Kier alpha value is -2.41. The van der Waals surface area contributed by atoms with Gasteiger partial charge in [0.15, 0.2) is 0 Å². The van der Waals surface area contributed by atoms with E-state index in [1.807, 2.05) is 18.7 Å². The molecule has 154 valence electrons. The zero-order valence-electron chi connectivity index (χ0n) is 17.4. The lowest BCUT2D eigenvalue weighted by Gasteiger charge is -2.32. The van der Waals surface area contributed by atoms with Crippen LogP contribution in [0.15, 0.2) is 24.3 Å². The van der Waals surface area contributed by atoms with Gasteiger partial charge in [0.1, 0.15) is 0 Å². The van der Waals surface area contributed by atoms with Gasteiger partial charge in [0.25, 0.3) is 5.91 Å². The van der Waals surface area contributed by atoms with Crippen LogP contribution in [-0.2, 0) is 9.59 Å². The number of rotatable bonds is 7. The van der Waals surface area contributed by atoms with Crippen molar-refractivity contribution in [2.45, 2.75) is 26.7 Å². The van der Waals surface area contributed by atoms with Crippen LogP contribution in [-0.4, -0.2) is 79.2 Å². The molecule has 1 N–H and O–H groups in total. The summed E-state index contributed by atoms with van der Waals surface area (Å²) in [5.41, 5.74) is 1.18. The topological polar surface area (TPSA) is 73.0 Å². The maximum Gasteiger partial charge on any atom is 0.253 e. The van der Waals surface area contributed by atoms with E-state index in [9.17, 15) is 14.4 Å². The summed E-state index contributed by atoms with van der Waals surface area (Å²) < 4.78 is 0. The Kier molecular flexibility index (Phi) is 7.99. The number of anilines is 1. The number of carbonyl (C=O) groups excluding carboxylic acids is 3. The third-order valence-electron chi connectivity index (χ3n) is 5.11. The fourth-order valence-electron chi connectivity index (χ4n) is 3.59. The van der Waals surface area contributed by atoms with Crippen molar-refractivity contribution in [1.82, 2.24) is 14.7 Å². The Balaban J connectivity index is 1.95. The average Bonchev–Trinajstić information content (AvgIpc) is 2.68. The summed E-state index contributed by atoms with van der Waals surface area (Å²) in [7, 11) is 3.53. The van der Waals surface area contributed by atoms with Crippen LogP contribution in [0, 0.1) is 5.92 Å². The number of nitrogens with zero attached hydrogens (tertiary/aromatic N) is 3. The van der Waals surface area contributed by atoms with Crippen molar-refractivity contribution in [3.05, 3.63) is 29.8 Å². The molecule has 28 heavy (non-hydrogen) atoms. The number of hydrogen-bond donors (Lipinski definition) is 1. The summed E-state index contributed by atoms with van der Waals surface area (Å²) in [6.07, 6.45) is 1.77. The third-order valence-corrected chi connectivity index (χ3v) is 5.11. The van der Waals surface area contributed by atoms with Gasteiger partial charge in [-0.3, -0.25) is 19.3 Å². The first-order valence-electron chi connectivity index (χ1n) is 9.98. The molecule has 1 heterocycles. The normalized spacial score (nSPS) is 17.1. The second-order valence-electron chi connectivity index (χ2n) is 7.41. The lowest BCUT2D eigenvalue weighted by atomic mass is 9.97. The second-order valence-corrected chi connectivity index (χ2v) is 7.41. The maximum absolute atomic E-state index is 12.5. The van der Waals surface area contributed by atoms with Gasteiger partial charge in [-0.15, -0.1) is 0 Å². The fraction of sp³-hybridized carbons (Fsp3) is 0.571. The quantitative estimate of drug-likeness (QED) is 0.774. The highest BCUT2D eigenvalue weighted by Crippen LogP contribution is 2.18. The Morgan fingerprint density at radius 1 is 1.18 bits per heavy atom. The van der Waals surface area contributed by atoms with E-state index in [1.165, 1.54) is 0 Å². The lowest BCUT2D eigenvalue weighted by Crippen LogP contribution is -2.45. The van der Waals surface area contributed by atoms with Gasteiger partial charge in [0.05, 0.1) is 12.5 Å². The Morgan fingerprint density at radius 3 is 2.54 bits per heavy atom. The first-order valence-corrected chi connectivity index (χ1v) is 9.98. The number of piperidine rings is 1. The number of amides is 3. The van der Waals surface area contributed by atoms with Crippen molar-refractivity contribution >= 4 is 23.4 Å². The Bertz CT molecular complexity index is 701. The molecule has 1 aromatic carbocycles. The molecule has 1 fully saturated rings. The van der Waals surface area contributed by atoms with Gasteiger partial charge >= 0.3 is 0 Å². The van der Waals surface area contributed by atoms with Crippen LogP contribution in [0.3, 0.4) is 0 Å². The zero-order chi connectivity index (χ0) is 20.7. The molecular weight excluding hydrogens is 356 g/mol. The molecule has 1 unspecified atom stereocenters. The van der Waals surface area contributed by atoms with E-state index in [0.29, 0.717) is 30.9 Å². The van der Waals surface area contributed by atoms with Crippen LogP contribution in [0.1, 0.15) is 37.0 Å². The molecule has 0 radical (unpaired) electrons. The molecule has 3 amide bonds. The minimum atomic E-state index is -0.134. The summed E-state index contributed by atoms with van der Waals surface area (Å²) in [6, 6.07) is 7.04. The van der Waals surface area contributed by atoms with E-state index in [0.717, 1.165) is 19.4 Å². The molecule has 0 bridgehead atoms. The highest BCUT2D eigenvalue weighted by molar-refractivity contribution is 5.97. The highest BCUT2D eigenvalue weighted by Gasteiger charge is 2.27. The van der Waals surface area contributed by atoms with Crippen LogP contribution in [0.4, 0.5) is 5.69 Å². The highest BCUT2D eigenvalue weighted by atomic mass is 16.2. The van der Waals surface area contributed by atoms with E-state index in [2.05, 4.69) is 5.32 Å². The summed E-state index contributed by atoms with van der Waals surface area (Å²) >= 11 is 0. The number of carbonyl (C=O) groups is 3. The maximum atomic E-state index is 12.5. The predicted molar refractivity (Wildman–Crippen MR) is 110 cm³/mol. The van der Waals surface area contributed by atoms with Crippen molar-refractivity contribution in [3.63, 3.8) is 0 Å². The second kappa shape index (κ2) is 10.2. The minimum absolute atomic E-state index is 0.0397. The van der Waals surface area contributed by atoms with Crippen LogP contribution in [0.25, 0.3) is 0 Å². The van der Waals surface area contributed by atoms with E-state index < -0.39 is 0 Å². The molecule has 1 aliphatic rings. The molecule has 1 aliphatic heterocycles. The summed E-state index contributed by atoms with van der Waals surface area (Å²) in [4.78, 5) is 42.5. The monoisotopic (exact) mass is 388 g/mol. The van der Waals surface area contributed by atoms with Gasteiger partial charge in [0.2, 0.25) is 11.8 Å². The summed E-state index contributed by atoms with van der Waals surface area (Å²) in [5.74, 6) is -0.105. The minimum Gasteiger partial charge on any atom is -0.349 e. The number of benzene rings is 1. The standard InChI is InChI=1S/C21H32N4O3/c1-5-25(6-2)21(28)16-9-7-11-18(13-16)22-19(26)15-24-12-8-10-17(14-24)20(27)23(3)4/h7,9,11,13,17H,5-6,8,10,12,14-15H2,1-4H3,(H,22,26). The molecule has 7 heteroatoms. The van der Waals surface area contributed by atoms with Crippen LogP contribution < -0.4 is 5.32 Å². The summed E-state index contributed by atoms with van der Waals surface area (Å²) in [5, 5.41) is 2.88.